The second kappa shape index (κ2) is 7.51. The van der Waals surface area contributed by atoms with Crippen molar-refractivity contribution in [1.82, 2.24) is 20.2 Å². The first-order valence-electron chi connectivity index (χ1n) is 8.78. The topological polar surface area (TPSA) is 117 Å². The van der Waals surface area contributed by atoms with E-state index in [0.29, 0.717) is 22.8 Å². The molecule has 0 aliphatic rings. The molecule has 0 aliphatic carbocycles. The quantitative estimate of drug-likeness (QED) is 0.528. The third-order valence-electron chi connectivity index (χ3n) is 4.37. The van der Waals surface area contributed by atoms with Crippen LogP contribution in [0.25, 0.3) is 34.3 Å². The lowest BCUT2D eigenvalue weighted by atomic mass is 10.0. The summed E-state index contributed by atoms with van der Waals surface area (Å²) in [5.74, 6) is 0.328. The third-order valence-corrected chi connectivity index (χ3v) is 4.37. The summed E-state index contributed by atoms with van der Waals surface area (Å²) >= 11 is 0. The average Bonchev–Trinajstić information content (AvgIpc) is 3.24. The van der Waals surface area contributed by atoms with E-state index in [0.717, 1.165) is 16.7 Å². The number of carbonyl (C=O) groups excluding carboxylic acids is 1. The summed E-state index contributed by atoms with van der Waals surface area (Å²) in [7, 11) is 1.34. The Kier molecular flexibility index (Phi) is 4.74. The summed E-state index contributed by atoms with van der Waals surface area (Å²) in [6.45, 7) is 1.87. The zero-order valence-electron chi connectivity index (χ0n) is 15.8. The Hall–Kier alpha value is -4.07. The Labute approximate surface area is 166 Å². The maximum Gasteiger partial charge on any atom is 0.337 e. The fourth-order valence-electron chi connectivity index (χ4n) is 2.90. The second-order valence-corrected chi connectivity index (χ2v) is 6.29. The molecule has 0 radical (unpaired) electrons. The van der Waals surface area contributed by atoms with Crippen LogP contribution in [0.2, 0.25) is 0 Å². The first kappa shape index (κ1) is 18.3. The van der Waals surface area contributed by atoms with Gasteiger partial charge in [-0.05, 0) is 36.8 Å². The summed E-state index contributed by atoms with van der Waals surface area (Å²) in [5, 5.41) is 8.14. The van der Waals surface area contributed by atoms with Gasteiger partial charge in [-0.15, -0.1) is 10.2 Å². The number of hydrogen-bond donors (Lipinski definition) is 1. The summed E-state index contributed by atoms with van der Waals surface area (Å²) in [6.07, 6.45) is 1.56. The van der Waals surface area contributed by atoms with Gasteiger partial charge >= 0.3 is 5.97 Å². The number of nitrogens with two attached hydrogens (primary N) is 1. The summed E-state index contributed by atoms with van der Waals surface area (Å²) < 4.78 is 10.5. The zero-order valence-corrected chi connectivity index (χ0v) is 15.8. The Morgan fingerprint density at radius 2 is 1.83 bits per heavy atom. The smallest absolute Gasteiger partial charge is 0.337 e. The Morgan fingerprint density at radius 1 is 1.07 bits per heavy atom. The molecule has 0 aliphatic heterocycles. The van der Waals surface area contributed by atoms with Crippen LogP contribution in [-0.4, -0.2) is 33.2 Å². The van der Waals surface area contributed by atoms with Gasteiger partial charge < -0.3 is 14.9 Å². The minimum Gasteiger partial charge on any atom is -0.465 e. The molecule has 2 heterocycles. The van der Waals surface area contributed by atoms with Crippen molar-refractivity contribution in [3.05, 3.63) is 65.9 Å². The van der Waals surface area contributed by atoms with E-state index in [-0.39, 0.29) is 11.7 Å². The van der Waals surface area contributed by atoms with Crippen molar-refractivity contribution in [3.8, 4) is 34.3 Å². The van der Waals surface area contributed by atoms with Crippen molar-refractivity contribution < 1.29 is 13.9 Å². The molecule has 0 amide bonds. The van der Waals surface area contributed by atoms with Gasteiger partial charge in [-0.2, -0.15) is 0 Å². The fourth-order valence-corrected chi connectivity index (χ4v) is 2.90. The van der Waals surface area contributed by atoms with Gasteiger partial charge in [-0.25, -0.2) is 14.8 Å². The van der Waals surface area contributed by atoms with Gasteiger partial charge in [-0.3, -0.25) is 0 Å². The maximum atomic E-state index is 11.7. The molecule has 8 heteroatoms. The molecule has 0 atom stereocenters. The van der Waals surface area contributed by atoms with Crippen LogP contribution in [0, 0.1) is 6.92 Å². The van der Waals surface area contributed by atoms with Gasteiger partial charge in [0.05, 0.1) is 24.6 Å². The Morgan fingerprint density at radius 3 is 2.55 bits per heavy atom. The lowest BCUT2D eigenvalue weighted by molar-refractivity contribution is 0.0600. The highest BCUT2D eigenvalue weighted by Gasteiger charge is 2.18. The van der Waals surface area contributed by atoms with E-state index in [9.17, 15) is 4.79 Å². The minimum absolute atomic E-state index is 0.180. The summed E-state index contributed by atoms with van der Waals surface area (Å²) in [6, 6.07) is 14.6. The number of aryl methyl sites for hydroxylation is 1. The lowest BCUT2D eigenvalue weighted by Gasteiger charge is -2.09. The average molecular weight is 387 g/mol. The van der Waals surface area contributed by atoms with E-state index in [1.807, 2.05) is 37.3 Å². The van der Waals surface area contributed by atoms with Crippen molar-refractivity contribution in [3.63, 3.8) is 0 Å². The highest BCUT2D eigenvalue weighted by atomic mass is 16.5. The number of benzene rings is 2. The van der Waals surface area contributed by atoms with Crippen LogP contribution < -0.4 is 5.73 Å². The molecule has 4 rings (SSSR count). The molecule has 2 N–H and O–H groups in total. The summed E-state index contributed by atoms with van der Waals surface area (Å²) in [4.78, 5) is 20.5. The van der Waals surface area contributed by atoms with E-state index in [4.69, 9.17) is 14.9 Å². The molecule has 8 nitrogen and oxygen atoms in total. The first-order valence-corrected chi connectivity index (χ1v) is 8.78. The molecule has 0 fully saturated rings. The maximum absolute atomic E-state index is 11.7. The molecule has 144 valence electrons. The van der Waals surface area contributed by atoms with Gasteiger partial charge in [-0.1, -0.05) is 24.3 Å². The molecule has 0 unspecified atom stereocenters. The van der Waals surface area contributed by atoms with Crippen molar-refractivity contribution in [1.29, 1.82) is 0 Å². The third kappa shape index (κ3) is 3.55. The molecule has 29 heavy (non-hydrogen) atoms. The van der Waals surface area contributed by atoms with E-state index < -0.39 is 5.97 Å². The number of methoxy groups -OCH3 is 1. The zero-order chi connectivity index (χ0) is 20.4. The molecule has 2 aromatic heterocycles. The minimum atomic E-state index is -0.400. The van der Waals surface area contributed by atoms with E-state index in [1.54, 1.807) is 24.4 Å². The Bertz CT molecular complexity index is 1190. The number of aromatic nitrogens is 4. The number of hydrogen-bond acceptors (Lipinski definition) is 8. The summed E-state index contributed by atoms with van der Waals surface area (Å²) in [5.41, 5.74) is 9.77. The predicted octanol–water partition coefficient (Wildman–Crippen LogP) is 3.54. The highest BCUT2D eigenvalue weighted by molar-refractivity contribution is 5.90. The van der Waals surface area contributed by atoms with E-state index >= 15 is 0 Å². The van der Waals surface area contributed by atoms with Gasteiger partial charge in [0.2, 0.25) is 5.89 Å². The standard InChI is InChI=1S/C21H17N5O3/c1-12-10-14(21(27)28-2)8-9-15(12)16-11-23-18(22)17(24-16)20-26-25-19(29-20)13-6-4-3-5-7-13/h3-11H,1-2H3,(H2,22,23). The molecular weight excluding hydrogens is 370 g/mol. The van der Waals surface area contributed by atoms with Gasteiger partial charge in [0.15, 0.2) is 11.5 Å². The van der Waals surface area contributed by atoms with Crippen LogP contribution in [0.3, 0.4) is 0 Å². The van der Waals surface area contributed by atoms with E-state index in [2.05, 4.69) is 20.2 Å². The molecule has 0 bridgehead atoms. The van der Waals surface area contributed by atoms with Crippen LogP contribution in [0.1, 0.15) is 15.9 Å². The number of anilines is 1. The van der Waals surface area contributed by atoms with Crippen molar-refractivity contribution in [2.24, 2.45) is 0 Å². The number of rotatable bonds is 4. The van der Waals surface area contributed by atoms with Crippen molar-refractivity contribution in [2.45, 2.75) is 6.92 Å². The van der Waals surface area contributed by atoms with Crippen LogP contribution in [0.15, 0.2) is 59.1 Å². The molecule has 4 aromatic rings. The number of nitrogen functional groups attached to an aromatic ring is 1. The van der Waals surface area contributed by atoms with Crippen LogP contribution >= 0.6 is 0 Å². The van der Waals surface area contributed by atoms with Gasteiger partial charge in [0.25, 0.3) is 5.89 Å². The van der Waals surface area contributed by atoms with Crippen LogP contribution in [-0.2, 0) is 4.74 Å². The monoisotopic (exact) mass is 387 g/mol. The number of ether oxygens (including phenoxy) is 1. The highest BCUT2D eigenvalue weighted by Crippen LogP contribution is 2.29. The molecule has 2 aromatic carbocycles. The number of carbonyl (C=O) groups is 1. The van der Waals surface area contributed by atoms with Crippen molar-refractivity contribution in [2.75, 3.05) is 12.8 Å². The first-order chi connectivity index (χ1) is 14.1. The SMILES string of the molecule is COC(=O)c1ccc(-c2cnc(N)c(-c3nnc(-c4ccccc4)o3)n2)c(C)c1. The lowest BCUT2D eigenvalue weighted by Crippen LogP contribution is -2.03. The van der Waals surface area contributed by atoms with Crippen molar-refractivity contribution >= 4 is 11.8 Å². The largest absolute Gasteiger partial charge is 0.465 e. The van der Waals surface area contributed by atoms with Gasteiger partial charge in [0.1, 0.15) is 0 Å². The normalized spacial score (nSPS) is 10.7. The molecular formula is C21H17N5O3. The molecule has 0 saturated carbocycles. The number of nitrogens with zero attached hydrogens (tertiary/aromatic N) is 4. The van der Waals surface area contributed by atoms with Gasteiger partial charge in [0, 0.05) is 11.1 Å². The molecule has 0 saturated heterocycles. The van der Waals surface area contributed by atoms with E-state index in [1.165, 1.54) is 7.11 Å². The predicted molar refractivity (Wildman–Crippen MR) is 107 cm³/mol. The van der Waals surface area contributed by atoms with Crippen LogP contribution in [0.5, 0.6) is 0 Å². The Balaban J connectivity index is 1.72. The second-order valence-electron chi connectivity index (χ2n) is 6.29. The van der Waals surface area contributed by atoms with Crippen LogP contribution in [0.4, 0.5) is 5.82 Å². The fraction of sp³-hybridized carbons (Fsp3) is 0.0952. The molecule has 0 spiro atoms. The number of esters is 1.